The minimum atomic E-state index is 0.0289. The molecule has 0 radical (unpaired) electrons. The van der Waals surface area contributed by atoms with Gasteiger partial charge in [-0.1, -0.05) is 17.3 Å². The van der Waals surface area contributed by atoms with Crippen LogP contribution in [0.1, 0.15) is 29.1 Å². The molecule has 2 rings (SSSR count). The molecule has 0 aliphatic heterocycles. The largest absolute Gasteiger partial charge is 0.409 e. The van der Waals surface area contributed by atoms with Crippen LogP contribution < -0.4 is 11.1 Å². The van der Waals surface area contributed by atoms with Crippen LogP contribution in [0, 0.1) is 0 Å². The summed E-state index contributed by atoms with van der Waals surface area (Å²) >= 11 is 1.71. The molecular weight excluding hydrogens is 260 g/mol. The van der Waals surface area contributed by atoms with Crippen LogP contribution in [-0.2, 0) is 6.54 Å². The predicted octanol–water partition coefficient (Wildman–Crippen LogP) is 2.09. The molecule has 0 aliphatic carbocycles. The van der Waals surface area contributed by atoms with Gasteiger partial charge in [-0.05, 0) is 30.0 Å². The lowest BCUT2D eigenvalue weighted by molar-refractivity contribution is 0.318. The van der Waals surface area contributed by atoms with Gasteiger partial charge in [-0.3, -0.25) is 4.98 Å². The number of nitrogens with one attached hydrogen (secondary N) is 1. The first-order valence-electron chi connectivity index (χ1n) is 5.91. The van der Waals surface area contributed by atoms with Gasteiger partial charge in [0.15, 0.2) is 5.84 Å². The Hall–Kier alpha value is -1.92. The van der Waals surface area contributed by atoms with E-state index in [1.54, 1.807) is 17.5 Å². The summed E-state index contributed by atoms with van der Waals surface area (Å²) in [7, 11) is 0. The Bertz CT molecular complexity index is 554. The van der Waals surface area contributed by atoms with Gasteiger partial charge in [-0.15, -0.1) is 11.3 Å². The topological polar surface area (TPSA) is 83.5 Å². The molecule has 0 aliphatic rings. The Balaban J connectivity index is 2.08. The third-order valence-corrected chi connectivity index (χ3v) is 3.87. The van der Waals surface area contributed by atoms with Crippen molar-refractivity contribution in [3.05, 3.63) is 52.0 Å². The zero-order valence-electron chi connectivity index (χ0n) is 10.6. The molecule has 0 unspecified atom stereocenters. The van der Waals surface area contributed by atoms with Gasteiger partial charge < -0.3 is 16.3 Å². The summed E-state index contributed by atoms with van der Waals surface area (Å²) in [5.41, 5.74) is 7.02. The molecule has 100 valence electrons. The van der Waals surface area contributed by atoms with Crippen molar-refractivity contribution in [1.82, 2.24) is 10.3 Å². The molecule has 0 aromatic carbocycles. The summed E-state index contributed by atoms with van der Waals surface area (Å²) in [4.78, 5) is 5.41. The molecule has 0 amide bonds. The number of nitrogens with zero attached hydrogens (tertiary/aromatic N) is 2. The number of hydrogen-bond acceptors (Lipinski definition) is 5. The van der Waals surface area contributed by atoms with Gasteiger partial charge >= 0.3 is 0 Å². The van der Waals surface area contributed by atoms with Crippen molar-refractivity contribution in [2.75, 3.05) is 0 Å². The van der Waals surface area contributed by atoms with Crippen LogP contribution >= 0.6 is 11.3 Å². The molecule has 2 aromatic rings. The number of rotatable bonds is 5. The van der Waals surface area contributed by atoms with E-state index in [-0.39, 0.29) is 11.9 Å². The molecule has 1 atom stereocenters. The fourth-order valence-electron chi connectivity index (χ4n) is 1.76. The van der Waals surface area contributed by atoms with Crippen molar-refractivity contribution < 1.29 is 5.21 Å². The van der Waals surface area contributed by atoms with Crippen molar-refractivity contribution in [3.63, 3.8) is 0 Å². The quantitative estimate of drug-likeness (QED) is 0.338. The van der Waals surface area contributed by atoms with Gasteiger partial charge in [-0.25, -0.2) is 0 Å². The molecule has 0 saturated carbocycles. The fraction of sp³-hybridized carbons (Fsp3) is 0.231. The van der Waals surface area contributed by atoms with E-state index in [9.17, 15) is 0 Å². The van der Waals surface area contributed by atoms with Crippen molar-refractivity contribution in [1.29, 1.82) is 0 Å². The Morgan fingerprint density at radius 3 is 3.05 bits per heavy atom. The highest BCUT2D eigenvalue weighted by atomic mass is 32.1. The van der Waals surface area contributed by atoms with Gasteiger partial charge in [0.1, 0.15) is 5.69 Å². The van der Waals surface area contributed by atoms with Crippen molar-refractivity contribution in [2.24, 2.45) is 10.9 Å². The number of pyridine rings is 1. The van der Waals surface area contributed by atoms with E-state index in [1.807, 2.05) is 18.2 Å². The van der Waals surface area contributed by atoms with E-state index in [0.29, 0.717) is 12.2 Å². The van der Waals surface area contributed by atoms with E-state index in [2.05, 4.69) is 33.8 Å². The molecule has 0 spiro atoms. The summed E-state index contributed by atoms with van der Waals surface area (Å²) in [6.45, 7) is 2.71. The molecule has 4 N–H and O–H groups in total. The maximum Gasteiger partial charge on any atom is 0.189 e. The Morgan fingerprint density at radius 1 is 1.53 bits per heavy atom. The molecular formula is C13H16N4OS. The summed E-state index contributed by atoms with van der Waals surface area (Å²) in [5, 5.41) is 17.2. The van der Waals surface area contributed by atoms with Gasteiger partial charge in [0.25, 0.3) is 0 Å². The highest BCUT2D eigenvalue weighted by Crippen LogP contribution is 2.18. The zero-order chi connectivity index (χ0) is 13.7. The SMILES string of the molecule is C[C@@H](NCc1cccnc1/C(N)=N/O)c1cccs1. The van der Waals surface area contributed by atoms with Crippen molar-refractivity contribution in [2.45, 2.75) is 19.5 Å². The van der Waals surface area contributed by atoms with Crippen LogP contribution in [0.5, 0.6) is 0 Å². The highest BCUT2D eigenvalue weighted by molar-refractivity contribution is 7.10. The predicted molar refractivity (Wildman–Crippen MR) is 76.3 cm³/mol. The summed E-state index contributed by atoms with van der Waals surface area (Å²) in [6.07, 6.45) is 1.62. The minimum absolute atomic E-state index is 0.0289. The highest BCUT2D eigenvalue weighted by Gasteiger charge is 2.10. The number of amidine groups is 1. The van der Waals surface area contributed by atoms with Gasteiger partial charge in [0.2, 0.25) is 0 Å². The normalized spacial score (nSPS) is 13.4. The first-order chi connectivity index (χ1) is 9.22. The number of nitrogens with two attached hydrogens (primary N) is 1. The van der Waals surface area contributed by atoms with E-state index in [4.69, 9.17) is 10.9 Å². The number of hydrogen-bond donors (Lipinski definition) is 3. The third-order valence-electron chi connectivity index (χ3n) is 2.81. The first kappa shape index (κ1) is 13.5. The first-order valence-corrected chi connectivity index (χ1v) is 6.79. The monoisotopic (exact) mass is 276 g/mol. The maximum absolute atomic E-state index is 8.74. The molecule has 0 saturated heterocycles. The number of thiophene rings is 1. The third kappa shape index (κ3) is 3.30. The Kier molecular flexibility index (Phi) is 4.48. The fourth-order valence-corrected chi connectivity index (χ4v) is 2.52. The van der Waals surface area contributed by atoms with E-state index < -0.39 is 0 Å². The molecule has 6 heteroatoms. The lowest BCUT2D eigenvalue weighted by atomic mass is 10.1. The average Bonchev–Trinajstić information content (AvgIpc) is 2.98. The molecule has 0 fully saturated rings. The van der Waals surface area contributed by atoms with Crippen molar-refractivity contribution >= 4 is 17.2 Å². The van der Waals surface area contributed by atoms with Crippen LogP contribution in [0.15, 0.2) is 41.0 Å². The second-order valence-corrected chi connectivity index (χ2v) is 5.09. The van der Waals surface area contributed by atoms with Crippen LogP contribution in [0.4, 0.5) is 0 Å². The van der Waals surface area contributed by atoms with Crippen LogP contribution in [0.2, 0.25) is 0 Å². The van der Waals surface area contributed by atoms with Crippen LogP contribution in [0.3, 0.4) is 0 Å². The second kappa shape index (κ2) is 6.31. The molecule has 5 nitrogen and oxygen atoms in total. The molecule has 19 heavy (non-hydrogen) atoms. The van der Waals surface area contributed by atoms with Gasteiger partial charge in [-0.2, -0.15) is 0 Å². The standard InChI is InChI=1S/C13H16N4OS/c1-9(11-5-3-7-19-11)16-8-10-4-2-6-15-12(10)13(14)17-18/h2-7,9,16,18H,8H2,1H3,(H2,14,17)/t9-/m1/s1. The molecule has 2 aromatic heterocycles. The zero-order valence-corrected chi connectivity index (χ0v) is 11.4. The summed E-state index contributed by atoms with van der Waals surface area (Å²) in [5.74, 6) is 0.0289. The average molecular weight is 276 g/mol. The summed E-state index contributed by atoms with van der Waals surface area (Å²) in [6, 6.07) is 8.12. The van der Waals surface area contributed by atoms with E-state index >= 15 is 0 Å². The lowest BCUT2D eigenvalue weighted by Gasteiger charge is -2.13. The van der Waals surface area contributed by atoms with Gasteiger partial charge in [0, 0.05) is 23.7 Å². The Labute approximate surface area is 115 Å². The van der Waals surface area contributed by atoms with E-state index in [1.165, 1.54) is 4.88 Å². The minimum Gasteiger partial charge on any atom is -0.409 e. The molecule has 0 bridgehead atoms. The lowest BCUT2D eigenvalue weighted by Crippen LogP contribution is -2.22. The smallest absolute Gasteiger partial charge is 0.189 e. The number of aromatic nitrogens is 1. The maximum atomic E-state index is 8.74. The van der Waals surface area contributed by atoms with Crippen molar-refractivity contribution in [3.8, 4) is 0 Å². The Morgan fingerprint density at radius 2 is 2.37 bits per heavy atom. The summed E-state index contributed by atoms with van der Waals surface area (Å²) < 4.78 is 0. The van der Waals surface area contributed by atoms with Crippen LogP contribution in [0.25, 0.3) is 0 Å². The second-order valence-electron chi connectivity index (χ2n) is 4.11. The van der Waals surface area contributed by atoms with E-state index in [0.717, 1.165) is 5.56 Å². The van der Waals surface area contributed by atoms with Gasteiger partial charge in [0.05, 0.1) is 0 Å². The molecule has 2 heterocycles. The van der Waals surface area contributed by atoms with Crippen LogP contribution in [-0.4, -0.2) is 16.0 Å². The number of oxime groups is 1.